The van der Waals surface area contributed by atoms with E-state index in [1.165, 1.54) is 0 Å². The van der Waals surface area contributed by atoms with Gasteiger partial charge in [0.2, 0.25) is 0 Å². The minimum absolute atomic E-state index is 0.0350. The van der Waals surface area contributed by atoms with Crippen LogP contribution in [0.3, 0.4) is 0 Å². The Labute approximate surface area is 122 Å². The van der Waals surface area contributed by atoms with Gasteiger partial charge in [0.1, 0.15) is 5.65 Å². The largest absolute Gasteiger partial charge is 0.493 e. The standard InChI is InChI=1S/C16H16N2O3/c1-20-14-6-5-11(8-15(14)21-2)13-9-18-7-3-4-12(10-19)16(18)17-13/h3-9,19H,10H2,1-2H3. The van der Waals surface area contributed by atoms with Crippen molar-refractivity contribution in [2.75, 3.05) is 14.2 Å². The molecule has 1 N–H and O–H groups in total. The first-order valence-corrected chi connectivity index (χ1v) is 6.56. The summed E-state index contributed by atoms with van der Waals surface area (Å²) in [6.07, 6.45) is 3.83. The zero-order chi connectivity index (χ0) is 14.8. The lowest BCUT2D eigenvalue weighted by Gasteiger charge is -2.08. The first-order valence-electron chi connectivity index (χ1n) is 6.56. The van der Waals surface area contributed by atoms with E-state index in [2.05, 4.69) is 4.98 Å². The maximum atomic E-state index is 9.38. The number of methoxy groups -OCH3 is 2. The first kappa shape index (κ1) is 13.5. The Bertz CT molecular complexity index is 780. The van der Waals surface area contributed by atoms with Gasteiger partial charge in [-0.25, -0.2) is 4.98 Å². The van der Waals surface area contributed by atoms with Crippen molar-refractivity contribution in [2.24, 2.45) is 0 Å². The average molecular weight is 284 g/mol. The minimum atomic E-state index is -0.0350. The second-order valence-electron chi connectivity index (χ2n) is 4.62. The van der Waals surface area contributed by atoms with Gasteiger partial charge in [-0.1, -0.05) is 6.07 Å². The molecule has 0 spiro atoms. The molecule has 0 aliphatic heterocycles. The quantitative estimate of drug-likeness (QED) is 0.800. The first-order chi connectivity index (χ1) is 10.3. The van der Waals surface area contributed by atoms with E-state index in [-0.39, 0.29) is 6.61 Å². The summed E-state index contributed by atoms with van der Waals surface area (Å²) < 4.78 is 12.5. The second-order valence-corrected chi connectivity index (χ2v) is 4.62. The SMILES string of the molecule is COc1ccc(-c2cn3cccc(CO)c3n2)cc1OC. The predicted molar refractivity (Wildman–Crippen MR) is 79.7 cm³/mol. The summed E-state index contributed by atoms with van der Waals surface area (Å²) >= 11 is 0. The van der Waals surface area contributed by atoms with Gasteiger partial charge in [-0.3, -0.25) is 0 Å². The fourth-order valence-electron chi connectivity index (χ4n) is 2.33. The van der Waals surface area contributed by atoms with Crippen molar-refractivity contribution >= 4 is 5.65 Å². The Hall–Kier alpha value is -2.53. The third-order valence-electron chi connectivity index (χ3n) is 3.41. The van der Waals surface area contributed by atoms with E-state index in [9.17, 15) is 5.11 Å². The molecule has 0 radical (unpaired) electrons. The van der Waals surface area contributed by atoms with Gasteiger partial charge in [0.15, 0.2) is 11.5 Å². The highest BCUT2D eigenvalue weighted by Gasteiger charge is 2.10. The van der Waals surface area contributed by atoms with Gasteiger partial charge in [-0.2, -0.15) is 0 Å². The fraction of sp³-hybridized carbons (Fsp3) is 0.188. The molecule has 0 unspecified atom stereocenters. The predicted octanol–water partition coefficient (Wildman–Crippen LogP) is 2.51. The molecule has 0 amide bonds. The molecule has 5 nitrogen and oxygen atoms in total. The van der Waals surface area contributed by atoms with Crippen molar-refractivity contribution in [1.29, 1.82) is 0 Å². The van der Waals surface area contributed by atoms with Crippen molar-refractivity contribution in [3.05, 3.63) is 48.3 Å². The summed E-state index contributed by atoms with van der Waals surface area (Å²) in [5, 5.41) is 9.38. The summed E-state index contributed by atoms with van der Waals surface area (Å²) in [7, 11) is 3.21. The highest BCUT2D eigenvalue weighted by Crippen LogP contribution is 2.32. The van der Waals surface area contributed by atoms with E-state index in [1.54, 1.807) is 14.2 Å². The van der Waals surface area contributed by atoms with Gasteiger partial charge in [0.25, 0.3) is 0 Å². The number of pyridine rings is 1. The molecule has 1 aromatic carbocycles. The number of imidazole rings is 1. The summed E-state index contributed by atoms with van der Waals surface area (Å²) in [6.45, 7) is -0.0350. The van der Waals surface area contributed by atoms with E-state index >= 15 is 0 Å². The molecule has 0 bridgehead atoms. The van der Waals surface area contributed by atoms with Gasteiger partial charge in [0.05, 0.1) is 26.5 Å². The van der Waals surface area contributed by atoms with Crippen LogP contribution in [0.1, 0.15) is 5.56 Å². The van der Waals surface area contributed by atoms with Crippen LogP contribution < -0.4 is 9.47 Å². The minimum Gasteiger partial charge on any atom is -0.493 e. The fourth-order valence-corrected chi connectivity index (χ4v) is 2.33. The van der Waals surface area contributed by atoms with Crippen LogP contribution in [0.4, 0.5) is 0 Å². The van der Waals surface area contributed by atoms with Gasteiger partial charge >= 0.3 is 0 Å². The molecular weight excluding hydrogens is 268 g/mol. The van der Waals surface area contributed by atoms with Crippen LogP contribution >= 0.6 is 0 Å². The van der Waals surface area contributed by atoms with Crippen molar-refractivity contribution in [2.45, 2.75) is 6.61 Å². The third kappa shape index (κ3) is 2.32. The third-order valence-corrected chi connectivity index (χ3v) is 3.41. The zero-order valence-corrected chi connectivity index (χ0v) is 11.9. The van der Waals surface area contributed by atoms with Gasteiger partial charge in [-0.15, -0.1) is 0 Å². The second kappa shape index (κ2) is 5.46. The Morgan fingerprint density at radius 2 is 1.95 bits per heavy atom. The smallest absolute Gasteiger partial charge is 0.161 e. The highest BCUT2D eigenvalue weighted by atomic mass is 16.5. The van der Waals surface area contributed by atoms with Crippen molar-refractivity contribution in [3.63, 3.8) is 0 Å². The lowest BCUT2D eigenvalue weighted by Crippen LogP contribution is -1.91. The van der Waals surface area contributed by atoms with Crippen LogP contribution in [0.15, 0.2) is 42.7 Å². The number of aliphatic hydroxyl groups is 1. The van der Waals surface area contributed by atoms with Gasteiger partial charge in [-0.05, 0) is 24.3 Å². The summed E-state index contributed by atoms with van der Waals surface area (Å²) in [6, 6.07) is 9.42. The maximum Gasteiger partial charge on any atom is 0.161 e. The Kier molecular flexibility index (Phi) is 3.50. The normalized spacial score (nSPS) is 10.8. The number of aliphatic hydroxyl groups excluding tert-OH is 1. The highest BCUT2D eigenvalue weighted by molar-refractivity contribution is 5.67. The summed E-state index contributed by atoms with van der Waals surface area (Å²) in [4.78, 5) is 4.59. The van der Waals surface area contributed by atoms with E-state index in [0.717, 1.165) is 22.5 Å². The Morgan fingerprint density at radius 3 is 2.67 bits per heavy atom. The number of aromatic nitrogens is 2. The number of rotatable bonds is 4. The number of fused-ring (bicyclic) bond motifs is 1. The molecule has 0 fully saturated rings. The molecular formula is C16H16N2O3. The summed E-state index contributed by atoms with van der Waals surface area (Å²) in [5.41, 5.74) is 3.30. The number of ether oxygens (including phenoxy) is 2. The van der Waals surface area contributed by atoms with Crippen LogP contribution in [0.25, 0.3) is 16.9 Å². The molecule has 0 saturated heterocycles. The molecule has 0 atom stereocenters. The molecule has 2 aromatic heterocycles. The van der Waals surface area contributed by atoms with E-state index < -0.39 is 0 Å². The van der Waals surface area contributed by atoms with Crippen LogP contribution in [-0.4, -0.2) is 28.7 Å². The molecule has 0 aliphatic carbocycles. The lowest BCUT2D eigenvalue weighted by molar-refractivity contribution is 0.282. The molecule has 2 heterocycles. The molecule has 108 valence electrons. The van der Waals surface area contributed by atoms with Gasteiger partial charge < -0.3 is 19.0 Å². The molecule has 21 heavy (non-hydrogen) atoms. The van der Waals surface area contributed by atoms with E-state index in [0.29, 0.717) is 11.5 Å². The van der Waals surface area contributed by atoms with E-state index in [4.69, 9.17) is 9.47 Å². The number of benzene rings is 1. The molecule has 0 saturated carbocycles. The van der Waals surface area contributed by atoms with Crippen LogP contribution in [0.2, 0.25) is 0 Å². The van der Waals surface area contributed by atoms with Crippen molar-refractivity contribution in [1.82, 2.24) is 9.38 Å². The Balaban J connectivity index is 2.12. The molecule has 0 aliphatic rings. The monoisotopic (exact) mass is 284 g/mol. The van der Waals surface area contributed by atoms with Crippen molar-refractivity contribution < 1.29 is 14.6 Å². The van der Waals surface area contributed by atoms with E-state index in [1.807, 2.05) is 47.1 Å². The number of nitrogens with zero attached hydrogens (tertiary/aromatic N) is 2. The molecule has 5 heteroatoms. The number of hydrogen-bond acceptors (Lipinski definition) is 4. The molecule has 3 aromatic rings. The zero-order valence-electron chi connectivity index (χ0n) is 11.9. The van der Waals surface area contributed by atoms with Gasteiger partial charge in [0, 0.05) is 23.5 Å². The van der Waals surface area contributed by atoms with Crippen LogP contribution in [0, 0.1) is 0 Å². The van der Waals surface area contributed by atoms with Crippen LogP contribution in [0.5, 0.6) is 11.5 Å². The summed E-state index contributed by atoms with van der Waals surface area (Å²) in [5.74, 6) is 1.34. The van der Waals surface area contributed by atoms with Crippen molar-refractivity contribution in [3.8, 4) is 22.8 Å². The van der Waals surface area contributed by atoms with Crippen LogP contribution in [-0.2, 0) is 6.61 Å². The number of hydrogen-bond donors (Lipinski definition) is 1. The molecule has 3 rings (SSSR count). The Morgan fingerprint density at radius 1 is 1.14 bits per heavy atom. The lowest BCUT2D eigenvalue weighted by atomic mass is 10.1. The topological polar surface area (TPSA) is 56.0 Å². The average Bonchev–Trinajstić information content (AvgIpc) is 2.98. The maximum absolute atomic E-state index is 9.38.